The Kier molecular flexibility index (Phi) is 5.25. The molecule has 2 aromatic rings. The number of furan rings is 1. The monoisotopic (exact) mass is 360 g/mol. The summed E-state index contributed by atoms with van der Waals surface area (Å²) < 4.78 is 24.0. The number of nitrogens with zero attached hydrogens (tertiary/aromatic N) is 2. The lowest BCUT2D eigenvalue weighted by Crippen LogP contribution is -2.45. The molecule has 0 radical (unpaired) electrons. The molecule has 0 N–H and O–H groups in total. The Bertz CT molecular complexity index is 785. The predicted octanol–water partition coefficient (Wildman–Crippen LogP) is 2.69. The number of rotatable bonds is 5. The van der Waals surface area contributed by atoms with E-state index in [1.165, 1.54) is 29.2 Å². The normalized spacial score (nSPS) is 16.6. The van der Waals surface area contributed by atoms with Crippen molar-refractivity contribution in [3.05, 3.63) is 53.7 Å². The van der Waals surface area contributed by atoms with Gasteiger partial charge in [-0.2, -0.15) is 0 Å². The van der Waals surface area contributed by atoms with Gasteiger partial charge in [-0.15, -0.1) is 0 Å². The fourth-order valence-corrected chi connectivity index (χ4v) is 2.96. The fourth-order valence-electron chi connectivity index (χ4n) is 2.96. The first-order chi connectivity index (χ1) is 12.5. The second-order valence-electron chi connectivity index (χ2n) is 6.40. The first kappa shape index (κ1) is 18.0. The maximum Gasteiger partial charge on any atom is 0.290 e. The number of carbonyl (C=O) groups excluding carboxylic acids is 2. The predicted molar refractivity (Wildman–Crippen MR) is 92.2 cm³/mol. The van der Waals surface area contributed by atoms with Gasteiger partial charge in [0.1, 0.15) is 30.0 Å². The van der Waals surface area contributed by atoms with Crippen LogP contribution in [0.15, 0.2) is 40.8 Å². The lowest BCUT2D eigenvalue weighted by molar-refractivity contribution is -0.132. The van der Waals surface area contributed by atoms with Gasteiger partial charge in [-0.1, -0.05) is 0 Å². The molecule has 3 rings (SSSR count). The van der Waals surface area contributed by atoms with E-state index in [-0.39, 0.29) is 30.0 Å². The van der Waals surface area contributed by atoms with Crippen LogP contribution in [0.1, 0.15) is 29.2 Å². The number of hydrogen-bond acceptors (Lipinski definition) is 4. The summed E-state index contributed by atoms with van der Waals surface area (Å²) in [5, 5.41) is 0. The average Bonchev–Trinajstić information content (AvgIpc) is 3.29. The molecule has 26 heavy (non-hydrogen) atoms. The number of benzene rings is 1. The molecule has 1 aliphatic heterocycles. The van der Waals surface area contributed by atoms with Gasteiger partial charge in [-0.3, -0.25) is 9.59 Å². The van der Waals surface area contributed by atoms with Gasteiger partial charge in [-0.05, 0) is 49.2 Å². The maximum absolute atomic E-state index is 12.9. The summed E-state index contributed by atoms with van der Waals surface area (Å²) in [5.74, 6) is 0.453. The third-order valence-electron chi connectivity index (χ3n) is 4.31. The summed E-state index contributed by atoms with van der Waals surface area (Å²) in [6.45, 7) is 0.657. The molecular formula is C19H21FN2O4. The molecule has 1 unspecified atom stereocenters. The number of ether oxygens (including phenoxy) is 1. The van der Waals surface area contributed by atoms with Crippen LogP contribution in [0.5, 0.6) is 5.75 Å². The second-order valence-corrected chi connectivity index (χ2v) is 6.40. The van der Waals surface area contributed by atoms with E-state index in [0.717, 1.165) is 6.42 Å². The summed E-state index contributed by atoms with van der Waals surface area (Å²) in [4.78, 5) is 28.0. The standard InChI is InChI=1S/C19H21FN2O4/c1-21(2)18(23)16-4-3-11-22(16)19(24)17-10-9-15(26-17)12-25-14-7-5-13(20)6-8-14/h5-10,16H,3-4,11-12H2,1-2H3. The first-order valence-electron chi connectivity index (χ1n) is 8.45. The van der Waals surface area contributed by atoms with Crippen molar-refractivity contribution < 1.29 is 23.1 Å². The largest absolute Gasteiger partial charge is 0.486 e. The van der Waals surface area contributed by atoms with Crippen LogP contribution < -0.4 is 4.74 Å². The van der Waals surface area contributed by atoms with Crippen LogP contribution in [-0.4, -0.2) is 48.3 Å². The van der Waals surface area contributed by atoms with Gasteiger partial charge in [0.25, 0.3) is 5.91 Å². The van der Waals surface area contributed by atoms with Crippen molar-refractivity contribution >= 4 is 11.8 Å². The topological polar surface area (TPSA) is 63.0 Å². The highest BCUT2D eigenvalue weighted by Gasteiger charge is 2.36. The van der Waals surface area contributed by atoms with Gasteiger partial charge in [-0.25, -0.2) is 4.39 Å². The Labute approximate surface area is 151 Å². The quantitative estimate of drug-likeness (QED) is 0.822. The van der Waals surface area contributed by atoms with Gasteiger partial charge in [0.2, 0.25) is 5.91 Å². The smallest absolute Gasteiger partial charge is 0.290 e. The van der Waals surface area contributed by atoms with E-state index < -0.39 is 6.04 Å². The lowest BCUT2D eigenvalue weighted by atomic mass is 10.2. The van der Waals surface area contributed by atoms with Gasteiger partial charge >= 0.3 is 0 Å². The SMILES string of the molecule is CN(C)C(=O)C1CCCN1C(=O)c1ccc(COc2ccc(F)cc2)o1. The van der Waals surface area contributed by atoms with Crippen molar-refractivity contribution in [3.63, 3.8) is 0 Å². The zero-order valence-corrected chi connectivity index (χ0v) is 14.8. The minimum atomic E-state index is -0.443. The molecule has 1 aliphatic rings. The molecule has 138 valence electrons. The van der Waals surface area contributed by atoms with Gasteiger partial charge in [0.15, 0.2) is 5.76 Å². The highest BCUT2D eigenvalue weighted by atomic mass is 19.1. The first-order valence-corrected chi connectivity index (χ1v) is 8.45. The molecule has 2 heterocycles. The summed E-state index contributed by atoms with van der Waals surface area (Å²) in [6, 6.07) is 8.46. The van der Waals surface area contributed by atoms with Crippen molar-refractivity contribution in [3.8, 4) is 5.75 Å². The summed E-state index contributed by atoms with van der Waals surface area (Å²) in [7, 11) is 3.36. The minimum Gasteiger partial charge on any atom is -0.486 e. The van der Waals surface area contributed by atoms with E-state index in [1.807, 2.05) is 0 Å². The fraction of sp³-hybridized carbons (Fsp3) is 0.368. The minimum absolute atomic E-state index is 0.0812. The molecule has 0 saturated carbocycles. The zero-order chi connectivity index (χ0) is 18.7. The van der Waals surface area contributed by atoms with Crippen molar-refractivity contribution in [1.29, 1.82) is 0 Å². The molecule has 7 heteroatoms. The number of likely N-dealkylation sites (N-methyl/N-ethyl adjacent to an activating group) is 1. The van der Waals surface area contributed by atoms with E-state index in [0.29, 0.717) is 24.5 Å². The Morgan fingerprint density at radius 1 is 1.23 bits per heavy atom. The highest BCUT2D eigenvalue weighted by Crippen LogP contribution is 2.23. The molecule has 0 bridgehead atoms. The van der Waals surface area contributed by atoms with Crippen LogP contribution >= 0.6 is 0 Å². The molecule has 1 fully saturated rings. The molecule has 1 aromatic heterocycles. The summed E-state index contributed by atoms with van der Waals surface area (Å²) in [5.41, 5.74) is 0. The molecule has 1 aromatic carbocycles. The maximum atomic E-state index is 12.9. The number of likely N-dealkylation sites (tertiary alicyclic amines) is 1. The Hall–Kier alpha value is -2.83. The van der Waals surface area contributed by atoms with Crippen LogP contribution in [0, 0.1) is 5.82 Å². The molecular weight excluding hydrogens is 339 g/mol. The number of amides is 2. The Morgan fingerprint density at radius 3 is 2.65 bits per heavy atom. The number of carbonyl (C=O) groups is 2. The third-order valence-corrected chi connectivity index (χ3v) is 4.31. The molecule has 1 saturated heterocycles. The van der Waals surface area contributed by atoms with E-state index in [1.54, 1.807) is 31.1 Å². The third kappa shape index (κ3) is 3.87. The van der Waals surface area contributed by atoms with E-state index >= 15 is 0 Å². The highest BCUT2D eigenvalue weighted by molar-refractivity contribution is 5.96. The van der Waals surface area contributed by atoms with Crippen molar-refractivity contribution in [2.75, 3.05) is 20.6 Å². The lowest BCUT2D eigenvalue weighted by Gasteiger charge is -2.25. The number of hydrogen-bond donors (Lipinski definition) is 0. The van der Waals surface area contributed by atoms with Crippen LogP contribution in [-0.2, 0) is 11.4 Å². The van der Waals surface area contributed by atoms with Crippen molar-refractivity contribution in [2.45, 2.75) is 25.5 Å². The zero-order valence-electron chi connectivity index (χ0n) is 14.8. The van der Waals surface area contributed by atoms with E-state index in [9.17, 15) is 14.0 Å². The van der Waals surface area contributed by atoms with Crippen molar-refractivity contribution in [2.24, 2.45) is 0 Å². The van der Waals surface area contributed by atoms with Gasteiger partial charge < -0.3 is 19.0 Å². The van der Waals surface area contributed by atoms with Crippen LogP contribution in [0.2, 0.25) is 0 Å². The number of halogens is 1. The van der Waals surface area contributed by atoms with Crippen LogP contribution in [0.25, 0.3) is 0 Å². The van der Waals surface area contributed by atoms with E-state index in [4.69, 9.17) is 9.15 Å². The molecule has 2 amide bonds. The average molecular weight is 360 g/mol. The van der Waals surface area contributed by atoms with Gasteiger partial charge in [0.05, 0.1) is 0 Å². The van der Waals surface area contributed by atoms with Crippen LogP contribution in [0.3, 0.4) is 0 Å². The van der Waals surface area contributed by atoms with Crippen LogP contribution in [0.4, 0.5) is 4.39 Å². The molecule has 0 spiro atoms. The molecule has 0 aliphatic carbocycles. The van der Waals surface area contributed by atoms with E-state index in [2.05, 4.69) is 0 Å². The summed E-state index contributed by atoms with van der Waals surface area (Å²) >= 11 is 0. The molecule has 6 nitrogen and oxygen atoms in total. The van der Waals surface area contributed by atoms with Gasteiger partial charge in [0, 0.05) is 20.6 Å². The second kappa shape index (κ2) is 7.59. The Morgan fingerprint density at radius 2 is 1.96 bits per heavy atom. The summed E-state index contributed by atoms with van der Waals surface area (Å²) in [6.07, 6.45) is 1.45. The Balaban J connectivity index is 1.64. The molecule has 1 atom stereocenters. The van der Waals surface area contributed by atoms with Crippen molar-refractivity contribution in [1.82, 2.24) is 9.80 Å².